The summed E-state index contributed by atoms with van der Waals surface area (Å²) in [6, 6.07) is 5.80. The zero-order valence-corrected chi connectivity index (χ0v) is 12.0. The lowest BCUT2D eigenvalue weighted by Gasteiger charge is -2.04. The highest BCUT2D eigenvalue weighted by molar-refractivity contribution is 9.10. The molecule has 0 radical (unpaired) electrons. The highest BCUT2D eigenvalue weighted by Gasteiger charge is 2.11. The molecule has 2 aromatic rings. The molecule has 0 bridgehead atoms. The van der Waals surface area contributed by atoms with Crippen LogP contribution in [-0.4, -0.2) is 12.1 Å². The number of nitrogens with zero attached hydrogens (tertiary/aromatic N) is 1. The SMILES string of the molecule is COc1ccc(Br)c(-c2nc(C(C)N)cs2)c1. The van der Waals surface area contributed by atoms with Gasteiger partial charge in [-0.25, -0.2) is 4.98 Å². The highest BCUT2D eigenvalue weighted by Crippen LogP contribution is 2.34. The van der Waals surface area contributed by atoms with Crippen molar-refractivity contribution in [3.8, 4) is 16.3 Å². The predicted octanol–water partition coefficient (Wildman–Crippen LogP) is 3.60. The van der Waals surface area contributed by atoms with Crippen LogP contribution in [0.5, 0.6) is 5.75 Å². The average Bonchev–Trinajstić information content (AvgIpc) is 2.79. The Balaban J connectivity index is 2.44. The van der Waals surface area contributed by atoms with Crippen LogP contribution >= 0.6 is 27.3 Å². The van der Waals surface area contributed by atoms with Crippen LogP contribution in [0.1, 0.15) is 18.7 Å². The highest BCUT2D eigenvalue weighted by atomic mass is 79.9. The fourth-order valence-corrected chi connectivity index (χ4v) is 2.93. The summed E-state index contributed by atoms with van der Waals surface area (Å²) in [6.07, 6.45) is 0. The third-order valence-corrected chi connectivity index (χ3v) is 3.98. The van der Waals surface area contributed by atoms with E-state index in [2.05, 4.69) is 20.9 Å². The van der Waals surface area contributed by atoms with E-state index < -0.39 is 0 Å². The molecule has 0 saturated carbocycles. The third-order valence-electron chi connectivity index (χ3n) is 2.39. The molecule has 90 valence electrons. The van der Waals surface area contributed by atoms with Gasteiger partial charge in [0.05, 0.1) is 12.8 Å². The lowest BCUT2D eigenvalue weighted by atomic mass is 10.2. The smallest absolute Gasteiger partial charge is 0.124 e. The first-order valence-electron chi connectivity index (χ1n) is 5.16. The van der Waals surface area contributed by atoms with E-state index in [0.717, 1.165) is 26.5 Å². The first-order chi connectivity index (χ1) is 8.11. The van der Waals surface area contributed by atoms with Gasteiger partial charge in [-0.2, -0.15) is 0 Å². The van der Waals surface area contributed by atoms with Gasteiger partial charge in [-0.3, -0.25) is 0 Å². The van der Waals surface area contributed by atoms with Gasteiger partial charge in [-0.05, 0) is 25.1 Å². The summed E-state index contributed by atoms with van der Waals surface area (Å²) >= 11 is 5.11. The van der Waals surface area contributed by atoms with E-state index in [0.29, 0.717) is 0 Å². The minimum absolute atomic E-state index is 0.0376. The minimum atomic E-state index is -0.0376. The van der Waals surface area contributed by atoms with E-state index in [9.17, 15) is 0 Å². The van der Waals surface area contributed by atoms with Crippen LogP contribution in [-0.2, 0) is 0 Å². The molecule has 0 fully saturated rings. The summed E-state index contributed by atoms with van der Waals surface area (Å²) in [5, 5.41) is 2.94. The Hall–Kier alpha value is -0.910. The molecule has 0 aliphatic carbocycles. The van der Waals surface area contributed by atoms with Gasteiger partial charge in [0.15, 0.2) is 0 Å². The van der Waals surface area contributed by atoms with Gasteiger partial charge >= 0.3 is 0 Å². The monoisotopic (exact) mass is 312 g/mol. The molecule has 3 nitrogen and oxygen atoms in total. The number of thiazole rings is 1. The summed E-state index contributed by atoms with van der Waals surface area (Å²) in [7, 11) is 1.66. The fraction of sp³-hybridized carbons (Fsp3) is 0.250. The predicted molar refractivity (Wildman–Crippen MR) is 74.4 cm³/mol. The van der Waals surface area contributed by atoms with Crippen LogP contribution in [0.4, 0.5) is 0 Å². The molecule has 0 aliphatic rings. The summed E-state index contributed by atoms with van der Waals surface area (Å²) in [5.74, 6) is 0.820. The zero-order valence-electron chi connectivity index (χ0n) is 9.61. The average molecular weight is 313 g/mol. The first kappa shape index (κ1) is 12.5. The second-order valence-corrected chi connectivity index (χ2v) is 5.42. The second kappa shape index (κ2) is 5.16. The molecule has 17 heavy (non-hydrogen) atoms. The number of aromatic nitrogens is 1. The van der Waals surface area contributed by atoms with Crippen molar-refractivity contribution in [2.45, 2.75) is 13.0 Å². The fourth-order valence-electron chi connectivity index (χ4n) is 1.41. The number of halogens is 1. The molecule has 2 N–H and O–H groups in total. The van der Waals surface area contributed by atoms with Crippen molar-refractivity contribution in [2.75, 3.05) is 7.11 Å². The minimum Gasteiger partial charge on any atom is -0.497 e. The van der Waals surface area contributed by atoms with Gasteiger partial charge in [0.25, 0.3) is 0 Å². The summed E-state index contributed by atoms with van der Waals surface area (Å²) in [6.45, 7) is 1.93. The van der Waals surface area contributed by atoms with Crippen molar-refractivity contribution in [2.24, 2.45) is 5.73 Å². The van der Waals surface area contributed by atoms with Crippen LogP contribution < -0.4 is 10.5 Å². The molecule has 0 amide bonds. The van der Waals surface area contributed by atoms with Crippen LogP contribution in [0.25, 0.3) is 10.6 Å². The standard InChI is InChI=1S/C12H13BrN2OS/c1-7(14)11-6-17-12(15-11)9-5-8(16-2)3-4-10(9)13/h3-7H,14H2,1-2H3. The molecule has 2 rings (SSSR count). The number of nitrogens with two attached hydrogens (primary N) is 1. The van der Waals surface area contributed by atoms with Crippen molar-refractivity contribution >= 4 is 27.3 Å². The Labute approximate surface area is 113 Å². The van der Waals surface area contributed by atoms with Gasteiger partial charge in [0.2, 0.25) is 0 Å². The lowest BCUT2D eigenvalue weighted by molar-refractivity contribution is 0.415. The number of rotatable bonds is 3. The molecule has 0 saturated heterocycles. The Morgan fingerprint density at radius 3 is 2.82 bits per heavy atom. The van der Waals surface area contributed by atoms with Crippen molar-refractivity contribution < 1.29 is 4.74 Å². The number of ether oxygens (including phenoxy) is 1. The maximum absolute atomic E-state index is 5.81. The quantitative estimate of drug-likeness (QED) is 0.942. The van der Waals surface area contributed by atoms with Gasteiger partial charge in [-0.1, -0.05) is 15.9 Å². The topological polar surface area (TPSA) is 48.1 Å². The Morgan fingerprint density at radius 1 is 1.47 bits per heavy atom. The van der Waals surface area contributed by atoms with Gasteiger partial charge in [0, 0.05) is 21.5 Å². The lowest BCUT2D eigenvalue weighted by Crippen LogP contribution is -2.04. The normalized spacial score (nSPS) is 12.5. The van der Waals surface area contributed by atoms with Crippen molar-refractivity contribution in [3.05, 3.63) is 33.7 Å². The van der Waals surface area contributed by atoms with Gasteiger partial charge in [0.1, 0.15) is 10.8 Å². The molecule has 0 aliphatic heterocycles. The second-order valence-electron chi connectivity index (χ2n) is 3.71. The zero-order chi connectivity index (χ0) is 12.4. The largest absolute Gasteiger partial charge is 0.497 e. The first-order valence-corrected chi connectivity index (χ1v) is 6.84. The van der Waals surface area contributed by atoms with E-state index in [1.54, 1.807) is 18.4 Å². The molecule has 1 aromatic carbocycles. The van der Waals surface area contributed by atoms with Crippen molar-refractivity contribution in [1.82, 2.24) is 4.98 Å². The van der Waals surface area contributed by atoms with Crippen LogP contribution in [0.15, 0.2) is 28.1 Å². The molecular formula is C12H13BrN2OS. The molecule has 0 spiro atoms. The number of benzene rings is 1. The van der Waals surface area contributed by atoms with E-state index >= 15 is 0 Å². The van der Waals surface area contributed by atoms with E-state index in [4.69, 9.17) is 10.5 Å². The maximum atomic E-state index is 5.81. The third kappa shape index (κ3) is 2.68. The van der Waals surface area contributed by atoms with E-state index in [-0.39, 0.29) is 6.04 Å². The van der Waals surface area contributed by atoms with Gasteiger partial charge < -0.3 is 10.5 Å². The van der Waals surface area contributed by atoms with Crippen molar-refractivity contribution in [3.63, 3.8) is 0 Å². The van der Waals surface area contributed by atoms with Crippen LogP contribution in [0, 0.1) is 0 Å². The van der Waals surface area contributed by atoms with Crippen molar-refractivity contribution in [1.29, 1.82) is 0 Å². The van der Waals surface area contributed by atoms with E-state index in [1.165, 1.54) is 0 Å². The molecule has 1 unspecified atom stereocenters. The molecular weight excluding hydrogens is 300 g/mol. The summed E-state index contributed by atoms with van der Waals surface area (Å²) < 4.78 is 6.22. The molecule has 1 atom stereocenters. The number of hydrogen-bond donors (Lipinski definition) is 1. The summed E-state index contributed by atoms with van der Waals surface area (Å²) in [4.78, 5) is 4.52. The van der Waals surface area contributed by atoms with Gasteiger partial charge in [-0.15, -0.1) is 11.3 Å². The van der Waals surface area contributed by atoms with E-state index in [1.807, 2.05) is 30.5 Å². The van der Waals surface area contributed by atoms with Crippen LogP contribution in [0.2, 0.25) is 0 Å². The number of hydrogen-bond acceptors (Lipinski definition) is 4. The molecule has 1 aromatic heterocycles. The molecule has 1 heterocycles. The number of methoxy groups -OCH3 is 1. The molecule has 5 heteroatoms. The maximum Gasteiger partial charge on any atom is 0.124 e. The Bertz CT molecular complexity index is 525. The van der Waals surface area contributed by atoms with Crippen LogP contribution in [0.3, 0.4) is 0 Å². The summed E-state index contributed by atoms with van der Waals surface area (Å²) in [5.41, 5.74) is 7.75. The Kier molecular flexibility index (Phi) is 3.81. The Morgan fingerprint density at radius 2 is 2.24 bits per heavy atom.